The van der Waals surface area contributed by atoms with Crippen LogP contribution in [0.3, 0.4) is 0 Å². The van der Waals surface area contributed by atoms with Crippen LogP contribution in [0.25, 0.3) is 0 Å². The minimum atomic E-state index is -0.732. The second-order valence-electron chi connectivity index (χ2n) is 5.92. The molecule has 0 bridgehead atoms. The molecule has 1 aliphatic rings. The van der Waals surface area contributed by atoms with Gasteiger partial charge in [0.15, 0.2) is 0 Å². The number of hydrogen-bond acceptors (Lipinski definition) is 3. The molecule has 126 valence electrons. The van der Waals surface area contributed by atoms with Crippen LogP contribution in [-0.4, -0.2) is 25.0 Å². The number of hydrogen-bond donors (Lipinski definition) is 1. The molecule has 23 heavy (non-hydrogen) atoms. The zero-order valence-electron chi connectivity index (χ0n) is 13.1. The highest BCUT2D eigenvalue weighted by molar-refractivity contribution is 5.85. The lowest BCUT2D eigenvalue weighted by molar-refractivity contribution is -0.147. The molecular weight excluding hydrogens is 304 g/mol. The van der Waals surface area contributed by atoms with Crippen molar-refractivity contribution in [3.63, 3.8) is 0 Å². The first-order chi connectivity index (χ1) is 11.0. The number of nitrogens with one attached hydrogen (secondary N) is 1. The maximum absolute atomic E-state index is 13.2. The lowest BCUT2D eigenvalue weighted by Crippen LogP contribution is -2.47. The Balaban J connectivity index is 2.03. The van der Waals surface area contributed by atoms with Crippen LogP contribution < -0.4 is 5.32 Å². The van der Waals surface area contributed by atoms with Crippen molar-refractivity contribution in [3.05, 3.63) is 35.4 Å². The van der Waals surface area contributed by atoms with E-state index in [0.29, 0.717) is 0 Å². The van der Waals surface area contributed by atoms with Gasteiger partial charge in [-0.1, -0.05) is 19.3 Å². The number of esters is 1. The number of amides is 1. The molecule has 4 nitrogen and oxygen atoms in total. The second-order valence-corrected chi connectivity index (χ2v) is 5.92. The fraction of sp³-hybridized carbons (Fsp3) is 0.529. The van der Waals surface area contributed by atoms with Crippen LogP contribution in [0.15, 0.2) is 18.2 Å². The Morgan fingerprint density at radius 2 is 1.78 bits per heavy atom. The summed E-state index contributed by atoms with van der Waals surface area (Å²) in [4.78, 5) is 24.1. The Morgan fingerprint density at radius 3 is 2.35 bits per heavy atom. The van der Waals surface area contributed by atoms with Gasteiger partial charge in [-0.15, -0.1) is 0 Å². The molecule has 1 aromatic rings. The molecule has 6 heteroatoms. The largest absolute Gasteiger partial charge is 0.467 e. The van der Waals surface area contributed by atoms with Crippen molar-refractivity contribution in [1.82, 2.24) is 5.32 Å². The lowest BCUT2D eigenvalue weighted by atomic mass is 9.83. The van der Waals surface area contributed by atoms with Gasteiger partial charge < -0.3 is 10.1 Å². The van der Waals surface area contributed by atoms with Gasteiger partial charge in [0.2, 0.25) is 5.91 Å². The Kier molecular flexibility index (Phi) is 6.07. The van der Waals surface area contributed by atoms with E-state index in [4.69, 9.17) is 4.74 Å². The molecule has 0 unspecified atom stereocenters. The Hall–Kier alpha value is -1.98. The van der Waals surface area contributed by atoms with E-state index in [-0.39, 0.29) is 17.9 Å². The number of methoxy groups -OCH3 is 1. The van der Waals surface area contributed by atoms with Gasteiger partial charge in [0.25, 0.3) is 0 Å². The molecule has 1 fully saturated rings. The summed E-state index contributed by atoms with van der Waals surface area (Å²) >= 11 is 0. The second kappa shape index (κ2) is 8.04. The van der Waals surface area contributed by atoms with Crippen LogP contribution >= 0.6 is 0 Å². The molecule has 0 aromatic heterocycles. The van der Waals surface area contributed by atoms with Gasteiger partial charge in [-0.2, -0.15) is 0 Å². The van der Waals surface area contributed by atoms with E-state index < -0.39 is 29.6 Å². The summed E-state index contributed by atoms with van der Waals surface area (Å²) in [6, 6.07) is 2.26. The third-order valence-electron chi connectivity index (χ3n) is 4.18. The number of halogens is 2. The average Bonchev–Trinajstić information content (AvgIpc) is 2.51. The summed E-state index contributed by atoms with van der Waals surface area (Å²) in [6.45, 7) is 0. The highest BCUT2D eigenvalue weighted by atomic mass is 19.1. The highest BCUT2D eigenvalue weighted by Gasteiger charge is 2.31. The summed E-state index contributed by atoms with van der Waals surface area (Å²) in [5.74, 6) is -2.34. The molecule has 1 atom stereocenters. The van der Waals surface area contributed by atoms with Gasteiger partial charge in [-0.05, 0) is 36.5 Å². The summed E-state index contributed by atoms with van der Waals surface area (Å²) < 4.78 is 31.1. The van der Waals surface area contributed by atoms with E-state index in [2.05, 4.69) is 5.32 Å². The Bertz CT molecular complexity index is 551. The van der Waals surface area contributed by atoms with Gasteiger partial charge in [0.1, 0.15) is 17.7 Å². The quantitative estimate of drug-likeness (QED) is 0.847. The van der Waals surface area contributed by atoms with Crippen molar-refractivity contribution in [2.45, 2.75) is 44.6 Å². The van der Waals surface area contributed by atoms with Crippen LogP contribution in [0.4, 0.5) is 8.78 Å². The molecule has 0 saturated heterocycles. The zero-order chi connectivity index (χ0) is 16.8. The van der Waals surface area contributed by atoms with Gasteiger partial charge in [-0.25, -0.2) is 13.6 Å². The number of benzene rings is 1. The van der Waals surface area contributed by atoms with E-state index in [1.807, 2.05) is 0 Å². The van der Waals surface area contributed by atoms with E-state index >= 15 is 0 Å². The fourth-order valence-electron chi connectivity index (χ4n) is 3.09. The van der Waals surface area contributed by atoms with Crippen molar-refractivity contribution in [3.8, 4) is 0 Å². The van der Waals surface area contributed by atoms with Crippen LogP contribution in [-0.2, 0) is 20.7 Å². The molecule has 0 radical (unpaired) electrons. The Morgan fingerprint density at radius 1 is 1.17 bits per heavy atom. The predicted octanol–water partition coefficient (Wildman–Crippen LogP) is 2.75. The van der Waals surface area contributed by atoms with Crippen LogP contribution in [0.2, 0.25) is 0 Å². The summed E-state index contributed by atoms with van der Waals surface area (Å²) in [5, 5.41) is 2.67. The molecule has 0 aliphatic heterocycles. The number of rotatable bonds is 5. The van der Waals surface area contributed by atoms with E-state index in [0.717, 1.165) is 50.3 Å². The maximum Gasteiger partial charge on any atom is 0.328 e. The van der Waals surface area contributed by atoms with Gasteiger partial charge in [0, 0.05) is 6.07 Å². The minimum Gasteiger partial charge on any atom is -0.467 e. The molecule has 1 saturated carbocycles. The topological polar surface area (TPSA) is 55.4 Å². The van der Waals surface area contributed by atoms with Crippen LogP contribution in [0.5, 0.6) is 0 Å². The molecule has 0 heterocycles. The molecule has 1 amide bonds. The van der Waals surface area contributed by atoms with Crippen molar-refractivity contribution in [2.24, 2.45) is 5.92 Å². The van der Waals surface area contributed by atoms with E-state index in [1.165, 1.54) is 7.11 Å². The summed E-state index contributed by atoms with van der Waals surface area (Å²) in [7, 11) is 1.28. The highest BCUT2D eigenvalue weighted by Crippen LogP contribution is 2.27. The van der Waals surface area contributed by atoms with Crippen molar-refractivity contribution < 1.29 is 23.1 Å². The fourth-order valence-corrected chi connectivity index (χ4v) is 3.09. The van der Waals surface area contributed by atoms with E-state index in [1.54, 1.807) is 0 Å². The Labute approximate surface area is 134 Å². The third-order valence-corrected chi connectivity index (χ3v) is 4.18. The standard InChI is InChI=1S/C17H21F2NO3/c1-23-17(22)16(12-5-3-2-4-6-12)20-15(21)9-11-7-13(18)10-14(19)8-11/h7-8,10,12,16H,2-6,9H2,1H3,(H,20,21)/t16-/m0/s1. The van der Waals surface area contributed by atoms with Crippen molar-refractivity contribution in [2.75, 3.05) is 7.11 Å². The van der Waals surface area contributed by atoms with Crippen molar-refractivity contribution >= 4 is 11.9 Å². The smallest absolute Gasteiger partial charge is 0.328 e. The van der Waals surface area contributed by atoms with Crippen LogP contribution in [0.1, 0.15) is 37.7 Å². The first kappa shape index (κ1) is 17.4. The first-order valence-electron chi connectivity index (χ1n) is 7.81. The molecule has 1 aliphatic carbocycles. The van der Waals surface area contributed by atoms with E-state index in [9.17, 15) is 18.4 Å². The predicted molar refractivity (Wildman–Crippen MR) is 80.6 cm³/mol. The zero-order valence-corrected chi connectivity index (χ0v) is 13.1. The van der Waals surface area contributed by atoms with Crippen molar-refractivity contribution in [1.29, 1.82) is 0 Å². The van der Waals surface area contributed by atoms with Crippen LogP contribution in [0, 0.1) is 17.6 Å². The number of ether oxygens (including phenoxy) is 1. The van der Waals surface area contributed by atoms with Gasteiger partial charge >= 0.3 is 5.97 Å². The van der Waals surface area contributed by atoms with Gasteiger partial charge in [-0.3, -0.25) is 4.79 Å². The number of carbonyl (C=O) groups excluding carboxylic acids is 2. The monoisotopic (exact) mass is 325 g/mol. The molecule has 0 spiro atoms. The molecule has 1 aromatic carbocycles. The normalized spacial score (nSPS) is 16.7. The first-order valence-corrected chi connectivity index (χ1v) is 7.81. The van der Waals surface area contributed by atoms with Gasteiger partial charge in [0.05, 0.1) is 13.5 Å². The minimum absolute atomic E-state index is 0.0457. The maximum atomic E-state index is 13.2. The summed E-state index contributed by atoms with van der Waals surface area (Å²) in [5.41, 5.74) is 0.229. The molecule has 1 N–H and O–H groups in total. The third kappa shape index (κ3) is 5.01. The lowest BCUT2D eigenvalue weighted by Gasteiger charge is -2.29. The number of carbonyl (C=O) groups is 2. The molecule has 2 rings (SSSR count). The SMILES string of the molecule is COC(=O)[C@@H](NC(=O)Cc1cc(F)cc(F)c1)C1CCCCC1. The average molecular weight is 325 g/mol. The summed E-state index contributed by atoms with van der Waals surface area (Å²) in [6.07, 6.45) is 4.69. The molecular formula is C17H21F2NO3.